The zero-order valence-corrected chi connectivity index (χ0v) is 12.3. The standard InChI is InChI=1S/C18H14F3NO/c1-3-12-14-8-9-23-17-10-11(18(19,20)21)4-5-15(17)13(14)6-7-16(12)22-2/h3-7,10H,1-2,8-9H2. The van der Waals surface area contributed by atoms with Crippen LogP contribution in [0.15, 0.2) is 41.9 Å². The van der Waals surface area contributed by atoms with Gasteiger partial charge in [-0.2, -0.15) is 13.2 Å². The molecule has 23 heavy (non-hydrogen) atoms. The van der Waals surface area contributed by atoms with Crippen molar-refractivity contribution in [2.45, 2.75) is 12.6 Å². The Morgan fingerprint density at radius 3 is 2.52 bits per heavy atom. The molecule has 0 radical (unpaired) electrons. The molecule has 3 rings (SSSR count). The van der Waals surface area contributed by atoms with Crippen molar-refractivity contribution in [2.24, 2.45) is 4.99 Å². The van der Waals surface area contributed by atoms with Crippen LogP contribution in [0.5, 0.6) is 5.75 Å². The average molecular weight is 317 g/mol. The van der Waals surface area contributed by atoms with Gasteiger partial charge in [-0.3, -0.25) is 4.99 Å². The zero-order valence-electron chi connectivity index (χ0n) is 12.3. The Morgan fingerprint density at radius 1 is 1.13 bits per heavy atom. The van der Waals surface area contributed by atoms with Crippen LogP contribution in [0.4, 0.5) is 18.9 Å². The van der Waals surface area contributed by atoms with E-state index in [1.54, 1.807) is 12.1 Å². The Balaban J connectivity index is 2.23. The topological polar surface area (TPSA) is 21.6 Å². The molecular formula is C18H14F3NO. The normalized spacial score (nSPS) is 13.3. The van der Waals surface area contributed by atoms with E-state index in [4.69, 9.17) is 4.74 Å². The second-order valence-corrected chi connectivity index (χ2v) is 5.19. The van der Waals surface area contributed by atoms with E-state index in [-0.39, 0.29) is 5.75 Å². The van der Waals surface area contributed by atoms with Gasteiger partial charge in [0.1, 0.15) is 5.75 Å². The van der Waals surface area contributed by atoms with Crippen molar-refractivity contribution in [3.8, 4) is 16.9 Å². The quantitative estimate of drug-likeness (QED) is 0.690. The molecule has 0 aromatic heterocycles. The van der Waals surface area contributed by atoms with Gasteiger partial charge in [-0.05, 0) is 36.0 Å². The highest BCUT2D eigenvalue weighted by molar-refractivity contribution is 5.82. The van der Waals surface area contributed by atoms with E-state index in [9.17, 15) is 13.2 Å². The highest BCUT2D eigenvalue weighted by Gasteiger charge is 2.32. The molecule has 2 aromatic carbocycles. The van der Waals surface area contributed by atoms with Gasteiger partial charge in [0.15, 0.2) is 0 Å². The number of halogens is 3. The number of hydrogen-bond donors (Lipinski definition) is 0. The number of aliphatic imine (C=N–C) groups is 1. The lowest BCUT2D eigenvalue weighted by atomic mass is 9.92. The van der Waals surface area contributed by atoms with E-state index in [0.29, 0.717) is 24.3 Å². The summed E-state index contributed by atoms with van der Waals surface area (Å²) in [6, 6.07) is 7.21. The third-order valence-corrected chi connectivity index (χ3v) is 3.92. The van der Waals surface area contributed by atoms with Crippen LogP contribution in [-0.2, 0) is 12.6 Å². The first-order valence-electron chi connectivity index (χ1n) is 7.05. The SMILES string of the molecule is C=Cc1c(N=C)ccc2c1CCOc1cc(C(F)(F)F)ccc1-2. The van der Waals surface area contributed by atoms with E-state index in [1.807, 2.05) is 6.07 Å². The lowest BCUT2D eigenvalue weighted by Crippen LogP contribution is -2.06. The molecule has 1 heterocycles. The van der Waals surface area contributed by atoms with E-state index in [2.05, 4.69) is 18.3 Å². The smallest absolute Gasteiger partial charge is 0.416 e. The summed E-state index contributed by atoms with van der Waals surface area (Å²) in [7, 11) is 0. The number of ether oxygens (including phenoxy) is 1. The van der Waals surface area contributed by atoms with Crippen LogP contribution in [0, 0.1) is 0 Å². The molecule has 0 bridgehead atoms. The maximum absolute atomic E-state index is 12.9. The molecule has 0 saturated heterocycles. The second kappa shape index (κ2) is 5.57. The molecular weight excluding hydrogens is 303 g/mol. The lowest BCUT2D eigenvalue weighted by Gasteiger charge is -2.14. The molecule has 2 nitrogen and oxygen atoms in total. The summed E-state index contributed by atoms with van der Waals surface area (Å²) >= 11 is 0. The van der Waals surface area contributed by atoms with Gasteiger partial charge >= 0.3 is 6.18 Å². The molecule has 2 aromatic rings. The molecule has 0 aliphatic carbocycles. The van der Waals surface area contributed by atoms with Crippen molar-refractivity contribution in [2.75, 3.05) is 6.61 Å². The first-order valence-corrected chi connectivity index (χ1v) is 7.05. The number of hydrogen-bond acceptors (Lipinski definition) is 2. The highest BCUT2D eigenvalue weighted by Crippen LogP contribution is 2.42. The van der Waals surface area contributed by atoms with Gasteiger partial charge in [0, 0.05) is 17.5 Å². The second-order valence-electron chi connectivity index (χ2n) is 5.19. The number of nitrogens with zero attached hydrogens (tertiary/aromatic N) is 1. The molecule has 1 aliphatic heterocycles. The predicted molar refractivity (Wildman–Crippen MR) is 85.4 cm³/mol. The molecule has 0 saturated carbocycles. The van der Waals surface area contributed by atoms with Gasteiger partial charge in [0.05, 0.1) is 17.9 Å². The Bertz CT molecular complexity index is 794. The van der Waals surface area contributed by atoms with E-state index >= 15 is 0 Å². The lowest BCUT2D eigenvalue weighted by molar-refractivity contribution is -0.137. The van der Waals surface area contributed by atoms with Crippen molar-refractivity contribution >= 4 is 18.5 Å². The molecule has 0 unspecified atom stereocenters. The molecule has 0 atom stereocenters. The van der Waals surface area contributed by atoms with Crippen LogP contribution >= 0.6 is 0 Å². The third-order valence-electron chi connectivity index (χ3n) is 3.92. The Hall–Kier alpha value is -2.56. The van der Waals surface area contributed by atoms with Crippen LogP contribution in [0.25, 0.3) is 17.2 Å². The summed E-state index contributed by atoms with van der Waals surface area (Å²) in [6.45, 7) is 7.64. The fourth-order valence-electron chi connectivity index (χ4n) is 2.84. The monoisotopic (exact) mass is 317 g/mol. The number of rotatable bonds is 2. The van der Waals surface area contributed by atoms with E-state index in [0.717, 1.165) is 28.8 Å². The molecule has 0 spiro atoms. The summed E-state index contributed by atoms with van der Waals surface area (Å²) in [4.78, 5) is 3.97. The van der Waals surface area contributed by atoms with E-state index < -0.39 is 11.7 Å². The average Bonchev–Trinajstić information content (AvgIpc) is 2.71. The summed E-state index contributed by atoms with van der Waals surface area (Å²) in [5, 5.41) is 0. The van der Waals surface area contributed by atoms with Crippen molar-refractivity contribution in [3.63, 3.8) is 0 Å². The van der Waals surface area contributed by atoms with Gasteiger partial charge < -0.3 is 4.74 Å². The first kappa shape index (κ1) is 15.3. The molecule has 0 fully saturated rings. The van der Waals surface area contributed by atoms with Gasteiger partial charge in [0.2, 0.25) is 0 Å². The third kappa shape index (κ3) is 2.63. The molecule has 118 valence electrons. The van der Waals surface area contributed by atoms with Crippen LogP contribution in [-0.4, -0.2) is 13.3 Å². The van der Waals surface area contributed by atoms with Crippen LogP contribution in [0.3, 0.4) is 0 Å². The minimum Gasteiger partial charge on any atom is -0.493 e. The maximum Gasteiger partial charge on any atom is 0.416 e. The van der Waals surface area contributed by atoms with Gasteiger partial charge in [-0.15, -0.1) is 0 Å². The minimum atomic E-state index is -4.39. The number of fused-ring (bicyclic) bond motifs is 3. The van der Waals surface area contributed by atoms with Gasteiger partial charge in [-0.25, -0.2) is 0 Å². The van der Waals surface area contributed by atoms with Crippen molar-refractivity contribution in [1.82, 2.24) is 0 Å². The fourth-order valence-corrected chi connectivity index (χ4v) is 2.84. The molecule has 1 aliphatic rings. The zero-order chi connectivity index (χ0) is 16.6. The van der Waals surface area contributed by atoms with Crippen molar-refractivity contribution in [3.05, 3.63) is 53.6 Å². The minimum absolute atomic E-state index is 0.243. The first-order chi connectivity index (χ1) is 11.0. The van der Waals surface area contributed by atoms with Crippen molar-refractivity contribution in [1.29, 1.82) is 0 Å². The predicted octanol–water partition coefficient (Wildman–Crippen LogP) is 5.28. The largest absolute Gasteiger partial charge is 0.493 e. The molecule has 5 heteroatoms. The van der Waals surface area contributed by atoms with E-state index in [1.165, 1.54) is 6.07 Å². The number of benzene rings is 2. The maximum atomic E-state index is 12.9. The highest BCUT2D eigenvalue weighted by atomic mass is 19.4. The van der Waals surface area contributed by atoms with Gasteiger partial charge in [0.25, 0.3) is 0 Å². The molecule has 0 N–H and O–H groups in total. The van der Waals surface area contributed by atoms with Crippen LogP contribution < -0.4 is 4.74 Å². The summed E-state index contributed by atoms with van der Waals surface area (Å²) in [6.07, 6.45) is -2.13. The Labute approximate surface area is 131 Å². The summed E-state index contributed by atoms with van der Waals surface area (Å²) < 4.78 is 44.2. The molecule has 0 amide bonds. The Kier molecular flexibility index (Phi) is 3.72. The van der Waals surface area contributed by atoms with Crippen LogP contribution in [0.2, 0.25) is 0 Å². The van der Waals surface area contributed by atoms with Crippen LogP contribution in [0.1, 0.15) is 16.7 Å². The number of alkyl halides is 3. The fraction of sp³-hybridized carbons (Fsp3) is 0.167. The summed E-state index contributed by atoms with van der Waals surface area (Å²) in [5.74, 6) is 0.243. The van der Waals surface area contributed by atoms with Gasteiger partial charge in [-0.1, -0.05) is 24.8 Å². The van der Waals surface area contributed by atoms with Crippen molar-refractivity contribution < 1.29 is 17.9 Å². The summed E-state index contributed by atoms with van der Waals surface area (Å²) in [5.41, 5.74) is 3.28. The Morgan fingerprint density at radius 2 is 1.87 bits per heavy atom.